The van der Waals surface area contributed by atoms with E-state index < -0.39 is 13.1 Å². The summed E-state index contributed by atoms with van der Waals surface area (Å²) in [4.78, 5) is 0. The normalized spacial score (nSPS) is 19.4. The Kier molecular flexibility index (Phi) is 3.63. The molecule has 3 nitrogen and oxygen atoms in total. The van der Waals surface area contributed by atoms with Crippen molar-refractivity contribution in [3.63, 3.8) is 0 Å². The fourth-order valence-electron chi connectivity index (χ4n) is 3.09. The Morgan fingerprint density at radius 1 is 1.15 bits per heavy atom. The van der Waals surface area contributed by atoms with Crippen molar-refractivity contribution in [2.75, 3.05) is 0 Å². The van der Waals surface area contributed by atoms with E-state index in [2.05, 4.69) is 13.8 Å². The molecule has 0 radical (unpaired) electrons. The molecular weight excluding hydrogens is 258 g/mol. The van der Waals surface area contributed by atoms with Crippen LogP contribution in [0.5, 0.6) is 5.75 Å². The van der Waals surface area contributed by atoms with E-state index >= 15 is 0 Å². The van der Waals surface area contributed by atoms with Crippen molar-refractivity contribution in [1.82, 2.24) is 0 Å². The zero-order chi connectivity index (χ0) is 15.3. The number of benzene rings is 1. The highest BCUT2D eigenvalue weighted by atomic mass is 19.1. The van der Waals surface area contributed by atoms with E-state index in [0.29, 0.717) is 11.1 Å². The van der Waals surface area contributed by atoms with Crippen molar-refractivity contribution in [3.8, 4) is 5.75 Å². The maximum atomic E-state index is 14.9. The van der Waals surface area contributed by atoms with Gasteiger partial charge in [-0.2, -0.15) is 0 Å². The number of hydrogen-bond donors (Lipinski definition) is 2. The molecule has 2 N–H and O–H groups in total. The zero-order valence-corrected chi connectivity index (χ0v) is 12.7. The minimum atomic E-state index is -2.01. The summed E-state index contributed by atoms with van der Waals surface area (Å²) in [5.74, 6) is -0.532. The first-order valence-electron chi connectivity index (χ1n) is 6.93. The van der Waals surface area contributed by atoms with E-state index in [0.717, 1.165) is 18.4 Å². The lowest BCUT2D eigenvalue weighted by Crippen LogP contribution is -2.35. The number of aryl methyl sites for hydroxylation is 1. The van der Waals surface area contributed by atoms with Crippen LogP contribution in [0.15, 0.2) is 6.07 Å². The van der Waals surface area contributed by atoms with Gasteiger partial charge in [0.2, 0.25) is 0 Å². The Morgan fingerprint density at radius 3 is 2.25 bits per heavy atom. The Balaban J connectivity index is 2.71. The largest absolute Gasteiger partial charge is 0.707 e. The molecule has 0 unspecified atom stereocenters. The fraction of sp³-hybridized carbons (Fsp3) is 0.600. The average Bonchev–Trinajstić information content (AvgIpc) is 2.29. The van der Waals surface area contributed by atoms with Crippen molar-refractivity contribution in [2.45, 2.75) is 58.3 Å². The highest BCUT2D eigenvalue weighted by Crippen LogP contribution is 2.49. The first kappa shape index (κ1) is 15.3. The van der Waals surface area contributed by atoms with Crippen LogP contribution in [0.2, 0.25) is 0 Å². The minimum absolute atomic E-state index is 0.0653. The molecular formula is C15H22BFO3. The summed E-state index contributed by atoms with van der Waals surface area (Å²) in [6, 6.07) is 1.91. The average molecular weight is 280 g/mol. The van der Waals surface area contributed by atoms with Gasteiger partial charge in [0.1, 0.15) is 5.75 Å². The van der Waals surface area contributed by atoms with Gasteiger partial charge in [-0.3, -0.25) is 0 Å². The smallest absolute Gasteiger partial charge is 0.509 e. The van der Waals surface area contributed by atoms with Crippen molar-refractivity contribution in [3.05, 3.63) is 28.6 Å². The molecule has 1 aliphatic carbocycles. The number of rotatable bonds is 2. The van der Waals surface area contributed by atoms with Crippen LogP contribution < -0.4 is 4.65 Å². The van der Waals surface area contributed by atoms with Gasteiger partial charge in [-0.05, 0) is 41.7 Å². The third kappa shape index (κ3) is 2.45. The lowest BCUT2D eigenvalue weighted by Gasteiger charge is -2.42. The second kappa shape index (κ2) is 4.74. The van der Waals surface area contributed by atoms with E-state index in [-0.39, 0.29) is 16.6 Å². The summed E-state index contributed by atoms with van der Waals surface area (Å²) in [6.07, 6.45) is 1.88. The van der Waals surface area contributed by atoms with Crippen molar-refractivity contribution >= 4 is 7.32 Å². The standard InChI is InChI=1S/C15H22BFO3/c1-9-8-10-11(12(17)13(9)20-16(18)19)15(4,5)7-6-14(10,2)3/h8,18-19H,6-7H2,1-5H3. The molecule has 1 aromatic rings. The Labute approximate surface area is 120 Å². The second-order valence-corrected chi connectivity index (χ2v) is 6.97. The maximum absolute atomic E-state index is 14.9. The van der Waals surface area contributed by atoms with Crippen LogP contribution in [-0.4, -0.2) is 17.4 Å². The van der Waals surface area contributed by atoms with Crippen LogP contribution in [0.25, 0.3) is 0 Å². The molecule has 0 amide bonds. The van der Waals surface area contributed by atoms with Crippen molar-refractivity contribution in [2.24, 2.45) is 0 Å². The van der Waals surface area contributed by atoms with Gasteiger partial charge in [0.05, 0.1) is 0 Å². The zero-order valence-electron chi connectivity index (χ0n) is 12.7. The molecule has 2 rings (SSSR count). The molecule has 0 aliphatic heterocycles. The van der Waals surface area contributed by atoms with Crippen LogP contribution in [0.3, 0.4) is 0 Å². The molecule has 110 valence electrons. The monoisotopic (exact) mass is 280 g/mol. The van der Waals surface area contributed by atoms with Gasteiger partial charge in [0.15, 0.2) is 5.82 Å². The fourth-order valence-corrected chi connectivity index (χ4v) is 3.09. The molecule has 0 bridgehead atoms. The van der Waals surface area contributed by atoms with Gasteiger partial charge < -0.3 is 14.7 Å². The maximum Gasteiger partial charge on any atom is 0.707 e. The van der Waals surface area contributed by atoms with Crippen LogP contribution in [0, 0.1) is 12.7 Å². The summed E-state index contributed by atoms with van der Waals surface area (Å²) in [5.41, 5.74) is 1.83. The molecule has 0 fully saturated rings. The predicted octanol–water partition coefficient (Wildman–Crippen LogP) is 2.83. The molecule has 0 spiro atoms. The molecule has 5 heteroatoms. The van der Waals surface area contributed by atoms with E-state index in [4.69, 9.17) is 14.7 Å². The molecule has 1 aliphatic rings. The highest BCUT2D eigenvalue weighted by Gasteiger charge is 2.40. The molecule has 0 saturated carbocycles. The van der Waals surface area contributed by atoms with E-state index in [1.54, 1.807) is 6.92 Å². The third-order valence-corrected chi connectivity index (χ3v) is 4.41. The molecule has 0 heterocycles. The Hall–Kier alpha value is -1.07. The van der Waals surface area contributed by atoms with Crippen LogP contribution in [0.1, 0.15) is 57.2 Å². The summed E-state index contributed by atoms with van der Waals surface area (Å²) in [5, 5.41) is 17.9. The molecule has 0 aromatic heterocycles. The minimum Gasteiger partial charge on any atom is -0.509 e. The van der Waals surface area contributed by atoms with E-state index in [9.17, 15) is 4.39 Å². The molecule has 0 saturated heterocycles. The Morgan fingerprint density at radius 2 is 1.70 bits per heavy atom. The lowest BCUT2D eigenvalue weighted by atomic mass is 9.62. The van der Waals surface area contributed by atoms with E-state index in [1.807, 2.05) is 19.9 Å². The number of hydrogen-bond acceptors (Lipinski definition) is 3. The molecule has 20 heavy (non-hydrogen) atoms. The topological polar surface area (TPSA) is 49.7 Å². The first-order valence-corrected chi connectivity index (χ1v) is 6.93. The summed E-state index contributed by atoms with van der Waals surface area (Å²) < 4.78 is 19.7. The van der Waals surface area contributed by atoms with E-state index in [1.165, 1.54) is 0 Å². The molecule has 0 atom stereocenters. The van der Waals surface area contributed by atoms with Gasteiger partial charge in [-0.25, -0.2) is 4.39 Å². The highest BCUT2D eigenvalue weighted by molar-refractivity contribution is 6.33. The second-order valence-electron chi connectivity index (χ2n) is 6.97. The quantitative estimate of drug-likeness (QED) is 0.819. The van der Waals surface area contributed by atoms with Gasteiger partial charge in [-0.1, -0.05) is 33.8 Å². The number of fused-ring (bicyclic) bond motifs is 1. The van der Waals surface area contributed by atoms with Crippen molar-refractivity contribution in [1.29, 1.82) is 0 Å². The van der Waals surface area contributed by atoms with Gasteiger partial charge >= 0.3 is 7.32 Å². The summed E-state index contributed by atoms with van der Waals surface area (Å²) in [7, 11) is -2.01. The van der Waals surface area contributed by atoms with Crippen LogP contribution in [-0.2, 0) is 10.8 Å². The number of halogens is 1. The van der Waals surface area contributed by atoms with Gasteiger partial charge in [-0.15, -0.1) is 0 Å². The predicted molar refractivity (Wildman–Crippen MR) is 77.2 cm³/mol. The van der Waals surface area contributed by atoms with Gasteiger partial charge in [0, 0.05) is 5.56 Å². The lowest BCUT2D eigenvalue weighted by molar-refractivity contribution is 0.274. The first-order chi connectivity index (χ1) is 9.06. The van der Waals surface area contributed by atoms with Gasteiger partial charge in [0.25, 0.3) is 0 Å². The van der Waals surface area contributed by atoms with Crippen LogP contribution >= 0.6 is 0 Å². The van der Waals surface area contributed by atoms with Crippen LogP contribution in [0.4, 0.5) is 4.39 Å². The Bertz CT molecular complexity index is 538. The third-order valence-electron chi connectivity index (χ3n) is 4.41. The molecule has 1 aromatic carbocycles. The summed E-state index contributed by atoms with van der Waals surface area (Å²) >= 11 is 0. The SMILES string of the molecule is Cc1cc2c(c(F)c1OB(O)O)C(C)(C)CCC2(C)C. The van der Waals surface area contributed by atoms with Crippen molar-refractivity contribution < 1.29 is 19.1 Å². The summed E-state index contributed by atoms with van der Waals surface area (Å²) in [6.45, 7) is 9.97.